The molecule has 0 bridgehead atoms. The number of nitrogens with zero attached hydrogens (tertiary/aromatic N) is 1. The molecule has 0 unspecified atom stereocenters. The fraction of sp³-hybridized carbons (Fsp3) is 1.00. The molecular formula is C8H14F3NS. The van der Waals surface area contributed by atoms with Gasteiger partial charge >= 0.3 is 6.18 Å². The van der Waals surface area contributed by atoms with Crippen molar-refractivity contribution in [1.29, 1.82) is 0 Å². The molecule has 1 nitrogen and oxygen atoms in total. The summed E-state index contributed by atoms with van der Waals surface area (Å²) in [5, 5.41) is 0. The number of hydrogen-bond acceptors (Lipinski definition) is 2. The van der Waals surface area contributed by atoms with Crippen LogP contribution >= 0.6 is 11.8 Å². The van der Waals surface area contributed by atoms with Gasteiger partial charge in [-0.1, -0.05) is 0 Å². The van der Waals surface area contributed by atoms with E-state index in [0.717, 1.165) is 5.88 Å². The maximum absolute atomic E-state index is 12.2. The normalized spacial score (nSPS) is 22.2. The first-order valence-corrected chi connectivity index (χ1v) is 5.71. The zero-order chi connectivity index (χ0) is 9.90. The second-order valence-electron chi connectivity index (χ2n) is 3.35. The van der Waals surface area contributed by atoms with Crippen molar-refractivity contribution in [1.82, 2.24) is 4.90 Å². The molecule has 1 aliphatic rings. The van der Waals surface area contributed by atoms with Crippen molar-refractivity contribution in [2.24, 2.45) is 5.92 Å². The Morgan fingerprint density at radius 2 is 1.85 bits per heavy atom. The van der Waals surface area contributed by atoms with Crippen molar-refractivity contribution in [3.8, 4) is 0 Å². The van der Waals surface area contributed by atoms with Crippen molar-refractivity contribution < 1.29 is 13.2 Å². The van der Waals surface area contributed by atoms with Crippen LogP contribution in [-0.4, -0.2) is 36.3 Å². The Morgan fingerprint density at radius 3 is 2.23 bits per heavy atom. The highest BCUT2D eigenvalue weighted by Gasteiger charge is 2.40. The SMILES string of the molecule is CSCN1CCC(C(F)(F)F)CC1. The quantitative estimate of drug-likeness (QED) is 0.693. The highest BCUT2D eigenvalue weighted by Crippen LogP contribution is 2.34. The summed E-state index contributed by atoms with van der Waals surface area (Å²) < 4.78 is 36.7. The molecule has 13 heavy (non-hydrogen) atoms. The van der Waals surface area contributed by atoms with E-state index in [0.29, 0.717) is 13.1 Å². The molecule has 0 atom stereocenters. The molecule has 0 aromatic heterocycles. The zero-order valence-corrected chi connectivity index (χ0v) is 8.42. The van der Waals surface area contributed by atoms with Crippen LogP contribution in [0.15, 0.2) is 0 Å². The first kappa shape index (κ1) is 11.2. The third-order valence-corrected chi connectivity index (χ3v) is 2.99. The number of thioether (sulfide) groups is 1. The van der Waals surface area contributed by atoms with Gasteiger partial charge in [0.2, 0.25) is 0 Å². The Morgan fingerprint density at radius 1 is 1.31 bits per heavy atom. The van der Waals surface area contributed by atoms with Crippen LogP contribution in [0.2, 0.25) is 0 Å². The Hall–Kier alpha value is 0.100. The zero-order valence-electron chi connectivity index (χ0n) is 7.60. The summed E-state index contributed by atoms with van der Waals surface area (Å²) in [7, 11) is 0. The van der Waals surface area contributed by atoms with Crippen molar-refractivity contribution in [2.75, 3.05) is 25.2 Å². The lowest BCUT2D eigenvalue weighted by Crippen LogP contribution is -2.38. The van der Waals surface area contributed by atoms with Gasteiger partial charge in [0, 0.05) is 5.88 Å². The van der Waals surface area contributed by atoms with Crippen LogP contribution in [0.1, 0.15) is 12.8 Å². The van der Waals surface area contributed by atoms with E-state index in [4.69, 9.17) is 0 Å². The summed E-state index contributed by atoms with van der Waals surface area (Å²) in [6.45, 7) is 1.18. The molecule has 78 valence electrons. The van der Waals surface area contributed by atoms with E-state index in [1.165, 1.54) is 0 Å². The molecule has 1 rings (SSSR count). The van der Waals surface area contributed by atoms with Crippen LogP contribution in [0.3, 0.4) is 0 Å². The van der Waals surface area contributed by atoms with Crippen molar-refractivity contribution in [3.63, 3.8) is 0 Å². The highest BCUT2D eigenvalue weighted by molar-refractivity contribution is 7.98. The fourth-order valence-electron chi connectivity index (χ4n) is 1.57. The van der Waals surface area contributed by atoms with E-state index in [1.54, 1.807) is 11.8 Å². The molecule has 1 aliphatic heterocycles. The summed E-state index contributed by atoms with van der Waals surface area (Å²) in [4.78, 5) is 2.08. The van der Waals surface area contributed by atoms with Crippen molar-refractivity contribution >= 4 is 11.8 Å². The third kappa shape index (κ3) is 3.38. The van der Waals surface area contributed by atoms with Crippen molar-refractivity contribution in [2.45, 2.75) is 19.0 Å². The van der Waals surface area contributed by atoms with E-state index >= 15 is 0 Å². The predicted octanol–water partition coefficient (Wildman–Crippen LogP) is 2.58. The van der Waals surface area contributed by atoms with Gasteiger partial charge in [-0.2, -0.15) is 13.2 Å². The van der Waals surface area contributed by atoms with E-state index in [2.05, 4.69) is 4.90 Å². The van der Waals surface area contributed by atoms with Gasteiger partial charge in [-0.25, -0.2) is 0 Å². The second-order valence-corrected chi connectivity index (χ2v) is 4.19. The van der Waals surface area contributed by atoms with Crippen LogP contribution in [-0.2, 0) is 0 Å². The standard InChI is InChI=1S/C8H14F3NS/c1-13-6-12-4-2-7(3-5-12)8(9,10)11/h7H,2-6H2,1H3. The molecule has 0 aromatic rings. The largest absolute Gasteiger partial charge is 0.391 e. The first-order valence-electron chi connectivity index (χ1n) is 4.32. The number of piperidine rings is 1. The minimum atomic E-state index is -3.98. The fourth-order valence-corrected chi connectivity index (χ4v) is 2.20. The molecule has 0 aromatic carbocycles. The number of halogens is 3. The van der Waals surface area contributed by atoms with Gasteiger partial charge in [0.05, 0.1) is 5.92 Å². The van der Waals surface area contributed by atoms with Gasteiger partial charge in [0.15, 0.2) is 0 Å². The molecule has 0 N–H and O–H groups in total. The summed E-state index contributed by atoms with van der Waals surface area (Å²) in [6, 6.07) is 0. The first-order chi connectivity index (χ1) is 6.04. The van der Waals surface area contributed by atoms with Gasteiger partial charge in [-0.05, 0) is 32.2 Å². The summed E-state index contributed by atoms with van der Waals surface area (Å²) in [5.41, 5.74) is 0. The van der Waals surface area contributed by atoms with Crippen LogP contribution in [0.5, 0.6) is 0 Å². The molecule has 0 radical (unpaired) electrons. The van der Waals surface area contributed by atoms with E-state index in [-0.39, 0.29) is 12.8 Å². The minimum Gasteiger partial charge on any atom is -0.294 e. The average Bonchev–Trinajstić information content (AvgIpc) is 2.04. The third-order valence-electron chi connectivity index (χ3n) is 2.36. The van der Waals surface area contributed by atoms with E-state index in [1.807, 2.05) is 6.26 Å². The molecule has 1 fully saturated rings. The molecule has 1 saturated heterocycles. The molecular weight excluding hydrogens is 199 g/mol. The molecule has 0 spiro atoms. The maximum atomic E-state index is 12.2. The maximum Gasteiger partial charge on any atom is 0.391 e. The second kappa shape index (κ2) is 4.55. The van der Waals surface area contributed by atoms with Crippen LogP contribution in [0, 0.1) is 5.92 Å². The van der Waals surface area contributed by atoms with Gasteiger partial charge in [0.1, 0.15) is 0 Å². The van der Waals surface area contributed by atoms with Gasteiger partial charge in [-0.15, -0.1) is 11.8 Å². The number of alkyl halides is 3. The van der Waals surface area contributed by atoms with E-state index < -0.39 is 12.1 Å². The Labute approximate surface area is 80.7 Å². The summed E-state index contributed by atoms with van der Waals surface area (Å²) in [5.74, 6) is -0.212. The molecule has 0 saturated carbocycles. The average molecular weight is 213 g/mol. The van der Waals surface area contributed by atoms with Crippen LogP contribution < -0.4 is 0 Å². The van der Waals surface area contributed by atoms with Gasteiger partial charge in [0.25, 0.3) is 0 Å². The Kier molecular flexibility index (Phi) is 3.91. The summed E-state index contributed by atoms with van der Waals surface area (Å²) >= 11 is 1.66. The Bertz CT molecular complexity index is 152. The highest BCUT2D eigenvalue weighted by atomic mass is 32.2. The lowest BCUT2D eigenvalue weighted by Gasteiger charge is -2.32. The minimum absolute atomic E-state index is 0.268. The van der Waals surface area contributed by atoms with Gasteiger partial charge in [-0.3, -0.25) is 4.90 Å². The number of rotatable bonds is 2. The predicted molar refractivity (Wildman–Crippen MR) is 48.7 cm³/mol. The molecule has 5 heteroatoms. The van der Waals surface area contributed by atoms with Crippen LogP contribution in [0.4, 0.5) is 13.2 Å². The smallest absolute Gasteiger partial charge is 0.294 e. The Balaban J connectivity index is 2.30. The molecule has 1 heterocycles. The molecule has 0 amide bonds. The topological polar surface area (TPSA) is 3.24 Å². The van der Waals surface area contributed by atoms with Crippen LogP contribution in [0.25, 0.3) is 0 Å². The number of likely N-dealkylation sites (tertiary alicyclic amines) is 1. The molecule has 0 aliphatic carbocycles. The summed E-state index contributed by atoms with van der Waals surface area (Å²) in [6.07, 6.45) is -1.48. The van der Waals surface area contributed by atoms with Gasteiger partial charge < -0.3 is 0 Å². The lowest BCUT2D eigenvalue weighted by atomic mass is 9.97. The van der Waals surface area contributed by atoms with E-state index in [9.17, 15) is 13.2 Å². The lowest BCUT2D eigenvalue weighted by molar-refractivity contribution is -0.184. The number of hydrogen-bond donors (Lipinski definition) is 0. The van der Waals surface area contributed by atoms with Crippen molar-refractivity contribution in [3.05, 3.63) is 0 Å². The monoisotopic (exact) mass is 213 g/mol.